The largest absolute Gasteiger partial charge is 0.457 e. The van der Waals surface area contributed by atoms with Crippen LogP contribution in [-0.4, -0.2) is 0 Å². The van der Waals surface area contributed by atoms with Gasteiger partial charge in [-0.25, -0.2) is 0 Å². The third-order valence-electron chi connectivity index (χ3n) is 15.9. The average Bonchev–Trinajstić information content (AvgIpc) is 3.43. The monoisotopic (exact) mass is 892 g/mol. The Labute approximate surface area is 404 Å². The van der Waals surface area contributed by atoms with Crippen LogP contribution in [0.3, 0.4) is 0 Å². The standard InChI is InChI=1S/C66H40N2O2/c1-9-28-53-45(20-1)65(49-24-5-13-32-59(49)69-60-33-14-6-25-50(60)65)46-21-2-10-29-54(46)67(53)57-40-58(44-39-37-42-19-17-18-41-36-38-43(57)64(44)63(41)42)68-55-30-11-3-22-47(55)66(48-23-4-12-31-56(48)68)51-26-7-15-34-61(51)70-62-35-16-8-27-52(62)66/h1-40H. The number of nitrogens with zero attached hydrogens (tertiary/aromatic N) is 2. The number of hydrogen-bond donors (Lipinski definition) is 0. The summed E-state index contributed by atoms with van der Waals surface area (Å²) in [5, 5.41) is 7.35. The smallest absolute Gasteiger partial charge is 0.132 e. The van der Waals surface area contributed by atoms with E-state index in [4.69, 9.17) is 9.47 Å². The van der Waals surface area contributed by atoms with E-state index in [1.54, 1.807) is 0 Å². The normalized spacial score (nSPS) is 15.0. The zero-order valence-electron chi connectivity index (χ0n) is 37.8. The Morgan fingerprint density at radius 3 is 0.886 bits per heavy atom. The van der Waals surface area contributed by atoms with Crippen molar-refractivity contribution in [1.82, 2.24) is 0 Å². The molecule has 70 heavy (non-hydrogen) atoms. The van der Waals surface area contributed by atoms with Gasteiger partial charge in [0.15, 0.2) is 0 Å². The first-order valence-corrected chi connectivity index (χ1v) is 24.2. The molecule has 0 amide bonds. The van der Waals surface area contributed by atoms with Crippen LogP contribution in [0.1, 0.15) is 44.5 Å². The van der Waals surface area contributed by atoms with Gasteiger partial charge in [-0.1, -0.05) is 188 Å². The molecule has 0 fully saturated rings. The summed E-state index contributed by atoms with van der Waals surface area (Å²) in [6.45, 7) is 0. The van der Waals surface area contributed by atoms with Crippen molar-refractivity contribution in [2.24, 2.45) is 0 Å². The van der Waals surface area contributed by atoms with Gasteiger partial charge in [-0.2, -0.15) is 0 Å². The molecule has 12 aromatic carbocycles. The first-order valence-electron chi connectivity index (χ1n) is 24.2. The van der Waals surface area contributed by atoms with E-state index >= 15 is 0 Å². The first-order chi connectivity index (χ1) is 34.7. The van der Waals surface area contributed by atoms with E-state index in [-0.39, 0.29) is 0 Å². The average molecular weight is 893 g/mol. The van der Waals surface area contributed by atoms with Gasteiger partial charge >= 0.3 is 0 Å². The number of fused-ring (bicyclic) bond motifs is 16. The lowest BCUT2D eigenvalue weighted by molar-refractivity contribution is 0.434. The van der Waals surface area contributed by atoms with E-state index < -0.39 is 10.8 Å². The van der Waals surface area contributed by atoms with Gasteiger partial charge in [0.2, 0.25) is 0 Å². The molecule has 4 heteroatoms. The third kappa shape index (κ3) is 4.61. The van der Waals surface area contributed by atoms with Crippen molar-refractivity contribution in [1.29, 1.82) is 0 Å². The van der Waals surface area contributed by atoms with E-state index in [1.165, 1.54) is 54.6 Å². The maximum Gasteiger partial charge on any atom is 0.132 e. The Kier molecular flexibility index (Phi) is 7.45. The summed E-state index contributed by atoms with van der Waals surface area (Å²) in [6, 6.07) is 89.2. The fourth-order valence-corrected chi connectivity index (χ4v) is 13.3. The highest BCUT2D eigenvalue weighted by Gasteiger charge is 2.53. The fourth-order valence-electron chi connectivity index (χ4n) is 13.3. The zero-order chi connectivity index (χ0) is 45.7. The van der Waals surface area contributed by atoms with Crippen LogP contribution >= 0.6 is 0 Å². The minimum absolute atomic E-state index is 0.656. The minimum atomic E-state index is -0.656. The van der Waals surface area contributed by atoms with Crippen molar-refractivity contribution in [3.05, 3.63) is 287 Å². The molecule has 2 spiro atoms. The minimum Gasteiger partial charge on any atom is -0.457 e. The van der Waals surface area contributed by atoms with Crippen LogP contribution in [-0.2, 0) is 10.8 Å². The Morgan fingerprint density at radius 2 is 0.543 bits per heavy atom. The molecule has 0 unspecified atom stereocenters. The number of ether oxygens (including phenoxy) is 2. The van der Waals surface area contributed by atoms with E-state index in [1.807, 2.05) is 0 Å². The maximum absolute atomic E-state index is 6.76. The Bertz CT molecular complexity index is 3740. The second-order valence-electron chi connectivity index (χ2n) is 19.0. The van der Waals surface area contributed by atoms with E-state index in [0.717, 1.165) is 79.4 Å². The predicted octanol–water partition coefficient (Wildman–Crippen LogP) is 17.1. The third-order valence-corrected chi connectivity index (χ3v) is 15.9. The summed E-state index contributed by atoms with van der Waals surface area (Å²) in [7, 11) is 0. The van der Waals surface area contributed by atoms with Crippen LogP contribution in [0.15, 0.2) is 243 Å². The molecule has 0 aromatic heterocycles. The molecule has 12 aromatic rings. The quantitative estimate of drug-likeness (QED) is 0.161. The molecule has 326 valence electrons. The molecule has 0 aliphatic carbocycles. The van der Waals surface area contributed by atoms with Gasteiger partial charge in [0.05, 0.1) is 45.0 Å². The van der Waals surface area contributed by atoms with Crippen molar-refractivity contribution in [3.63, 3.8) is 0 Å². The molecular weight excluding hydrogens is 853 g/mol. The van der Waals surface area contributed by atoms with E-state index in [9.17, 15) is 0 Å². The molecule has 4 aliphatic rings. The number of rotatable bonds is 2. The molecule has 0 N–H and O–H groups in total. The van der Waals surface area contributed by atoms with Gasteiger partial charge in [-0.3, -0.25) is 0 Å². The van der Waals surface area contributed by atoms with Crippen LogP contribution in [0, 0.1) is 0 Å². The number of benzene rings is 12. The summed E-state index contributed by atoms with van der Waals surface area (Å²) in [6.07, 6.45) is 0. The summed E-state index contributed by atoms with van der Waals surface area (Å²) < 4.78 is 13.5. The highest BCUT2D eigenvalue weighted by molar-refractivity contribution is 6.29. The lowest BCUT2D eigenvalue weighted by Crippen LogP contribution is -2.40. The molecule has 0 saturated carbocycles. The summed E-state index contributed by atoms with van der Waals surface area (Å²) in [4.78, 5) is 5.11. The fraction of sp³-hybridized carbons (Fsp3) is 0.0303. The summed E-state index contributed by atoms with van der Waals surface area (Å²) >= 11 is 0. The molecule has 0 saturated heterocycles. The van der Waals surface area contributed by atoms with E-state index in [2.05, 4.69) is 252 Å². The molecule has 0 bridgehead atoms. The topological polar surface area (TPSA) is 24.9 Å². The van der Waals surface area contributed by atoms with Crippen LogP contribution < -0.4 is 19.3 Å². The molecule has 4 aliphatic heterocycles. The SMILES string of the molecule is c1ccc2c(c1)Oc1ccccc1C21c2ccccc2N(c2cc(N3c4ccccc4C4(c5ccccc5Oc5ccccc54)c4ccccc43)c3ccc4cccc5ccc2c3c54)c2ccccc21. The van der Waals surface area contributed by atoms with Gasteiger partial charge < -0.3 is 19.3 Å². The summed E-state index contributed by atoms with van der Waals surface area (Å²) in [5.74, 6) is 3.50. The van der Waals surface area contributed by atoms with Crippen LogP contribution in [0.4, 0.5) is 34.1 Å². The van der Waals surface area contributed by atoms with Crippen molar-refractivity contribution in [2.75, 3.05) is 9.80 Å². The predicted molar refractivity (Wildman–Crippen MR) is 283 cm³/mol. The lowest BCUT2D eigenvalue weighted by Gasteiger charge is -2.49. The highest BCUT2D eigenvalue weighted by Crippen LogP contribution is 2.66. The lowest BCUT2D eigenvalue weighted by atomic mass is 9.61. The van der Waals surface area contributed by atoms with Crippen LogP contribution in [0.25, 0.3) is 32.3 Å². The zero-order valence-corrected chi connectivity index (χ0v) is 37.8. The second kappa shape index (κ2) is 13.7. The van der Waals surface area contributed by atoms with Gasteiger partial charge in [-0.15, -0.1) is 0 Å². The molecule has 0 radical (unpaired) electrons. The summed E-state index contributed by atoms with van der Waals surface area (Å²) in [5.41, 5.74) is 14.8. The van der Waals surface area contributed by atoms with E-state index in [0.29, 0.717) is 0 Å². The molecule has 0 atom stereocenters. The maximum atomic E-state index is 6.76. The van der Waals surface area contributed by atoms with Crippen LogP contribution in [0.5, 0.6) is 23.0 Å². The molecular formula is C66H40N2O2. The van der Waals surface area contributed by atoms with Gasteiger partial charge in [-0.05, 0) is 93.0 Å². The van der Waals surface area contributed by atoms with Gasteiger partial charge in [0.25, 0.3) is 0 Å². The van der Waals surface area contributed by atoms with Crippen molar-refractivity contribution in [2.45, 2.75) is 10.8 Å². The van der Waals surface area contributed by atoms with Gasteiger partial charge in [0.1, 0.15) is 23.0 Å². The van der Waals surface area contributed by atoms with Gasteiger partial charge in [0, 0.05) is 38.4 Å². The Morgan fingerprint density at radius 1 is 0.243 bits per heavy atom. The Balaban J connectivity index is 1.03. The number of para-hydroxylation sites is 8. The first kappa shape index (κ1) is 37.9. The second-order valence-corrected chi connectivity index (χ2v) is 19.0. The number of hydrogen-bond acceptors (Lipinski definition) is 4. The molecule has 16 rings (SSSR count). The number of anilines is 6. The van der Waals surface area contributed by atoms with Crippen molar-refractivity contribution < 1.29 is 9.47 Å². The Hall–Kier alpha value is -9.12. The highest BCUT2D eigenvalue weighted by atomic mass is 16.5. The van der Waals surface area contributed by atoms with Crippen LogP contribution in [0.2, 0.25) is 0 Å². The van der Waals surface area contributed by atoms with Crippen molar-refractivity contribution in [3.8, 4) is 23.0 Å². The van der Waals surface area contributed by atoms with Crippen molar-refractivity contribution >= 4 is 66.4 Å². The molecule has 4 heterocycles. The molecule has 4 nitrogen and oxygen atoms in total.